The fourth-order valence-corrected chi connectivity index (χ4v) is 2.34. The molecule has 0 bridgehead atoms. The Kier molecular flexibility index (Phi) is 4.39. The Labute approximate surface area is 85.7 Å². The van der Waals surface area contributed by atoms with Gasteiger partial charge in [-0.1, -0.05) is 32.6 Å². The first-order valence-electron chi connectivity index (χ1n) is 5.58. The van der Waals surface area contributed by atoms with E-state index in [0.717, 1.165) is 24.7 Å². The molecule has 1 aliphatic rings. The van der Waals surface area contributed by atoms with E-state index in [1.807, 2.05) is 0 Å². The molecule has 0 saturated heterocycles. The second-order valence-corrected chi connectivity index (χ2v) is 4.66. The van der Waals surface area contributed by atoms with E-state index in [0.29, 0.717) is 6.42 Å². The number of carbonyl (C=O) groups is 1. The number of carboxylic acid groups (broad SMARTS) is 1. The van der Waals surface area contributed by atoms with Crippen LogP contribution in [-0.2, 0) is 4.79 Å². The Hall–Kier alpha value is -0.570. The SMILES string of the molecule is CC1CCC(CCCC(N)C(=O)O)C1. The maximum absolute atomic E-state index is 10.5. The molecule has 3 unspecified atom stereocenters. The van der Waals surface area contributed by atoms with Crippen molar-refractivity contribution in [2.24, 2.45) is 17.6 Å². The molecule has 0 heterocycles. The largest absolute Gasteiger partial charge is 0.480 e. The van der Waals surface area contributed by atoms with E-state index in [4.69, 9.17) is 10.8 Å². The van der Waals surface area contributed by atoms with Crippen molar-refractivity contribution in [3.63, 3.8) is 0 Å². The standard InChI is InChI=1S/C11H21NO2/c1-8-5-6-9(7-8)3-2-4-10(12)11(13)14/h8-10H,2-7,12H2,1H3,(H,13,14). The summed E-state index contributed by atoms with van der Waals surface area (Å²) in [6.45, 7) is 2.29. The van der Waals surface area contributed by atoms with E-state index < -0.39 is 12.0 Å². The van der Waals surface area contributed by atoms with Crippen molar-refractivity contribution < 1.29 is 9.90 Å². The first kappa shape index (κ1) is 11.5. The summed E-state index contributed by atoms with van der Waals surface area (Å²) in [5.41, 5.74) is 5.43. The average molecular weight is 199 g/mol. The lowest BCUT2D eigenvalue weighted by Gasteiger charge is -2.10. The number of rotatable bonds is 5. The molecule has 3 nitrogen and oxygen atoms in total. The van der Waals surface area contributed by atoms with Crippen LogP contribution in [0.3, 0.4) is 0 Å². The minimum atomic E-state index is -0.871. The molecular weight excluding hydrogens is 178 g/mol. The second kappa shape index (κ2) is 5.35. The van der Waals surface area contributed by atoms with E-state index in [1.165, 1.54) is 19.3 Å². The summed E-state index contributed by atoms with van der Waals surface area (Å²) < 4.78 is 0. The van der Waals surface area contributed by atoms with Crippen molar-refractivity contribution in [2.45, 2.75) is 51.5 Å². The molecule has 0 aromatic heterocycles. The fourth-order valence-electron chi connectivity index (χ4n) is 2.34. The smallest absolute Gasteiger partial charge is 0.320 e. The highest BCUT2D eigenvalue weighted by atomic mass is 16.4. The minimum Gasteiger partial charge on any atom is -0.480 e. The summed E-state index contributed by atoms with van der Waals surface area (Å²) in [5, 5.41) is 8.59. The Morgan fingerprint density at radius 2 is 2.29 bits per heavy atom. The Balaban J connectivity index is 2.07. The van der Waals surface area contributed by atoms with Gasteiger partial charge in [0.25, 0.3) is 0 Å². The Bertz CT molecular complexity index is 194. The third-order valence-corrected chi connectivity index (χ3v) is 3.25. The lowest BCUT2D eigenvalue weighted by molar-refractivity contribution is -0.138. The first-order chi connectivity index (χ1) is 6.59. The van der Waals surface area contributed by atoms with Gasteiger partial charge in [-0.05, 0) is 24.7 Å². The van der Waals surface area contributed by atoms with E-state index >= 15 is 0 Å². The summed E-state index contributed by atoms with van der Waals surface area (Å²) in [6, 6.07) is -0.658. The van der Waals surface area contributed by atoms with Crippen molar-refractivity contribution >= 4 is 5.97 Å². The summed E-state index contributed by atoms with van der Waals surface area (Å²) in [5.74, 6) is 0.823. The monoisotopic (exact) mass is 199 g/mol. The molecule has 0 aromatic carbocycles. The van der Waals surface area contributed by atoms with Crippen LogP contribution < -0.4 is 5.73 Å². The van der Waals surface area contributed by atoms with Crippen LogP contribution in [0, 0.1) is 11.8 Å². The van der Waals surface area contributed by atoms with Gasteiger partial charge in [-0.15, -0.1) is 0 Å². The van der Waals surface area contributed by atoms with E-state index in [2.05, 4.69) is 6.92 Å². The summed E-state index contributed by atoms with van der Waals surface area (Å²) in [4.78, 5) is 10.5. The lowest BCUT2D eigenvalue weighted by atomic mass is 9.98. The van der Waals surface area contributed by atoms with Crippen LogP contribution >= 0.6 is 0 Å². The van der Waals surface area contributed by atoms with Gasteiger partial charge in [0.05, 0.1) is 0 Å². The Morgan fingerprint density at radius 3 is 2.79 bits per heavy atom. The van der Waals surface area contributed by atoms with E-state index in [9.17, 15) is 4.79 Å². The third-order valence-electron chi connectivity index (χ3n) is 3.25. The number of hydrogen-bond donors (Lipinski definition) is 2. The maximum atomic E-state index is 10.5. The molecule has 0 spiro atoms. The maximum Gasteiger partial charge on any atom is 0.320 e. The van der Waals surface area contributed by atoms with Crippen molar-refractivity contribution in [2.75, 3.05) is 0 Å². The van der Waals surface area contributed by atoms with Crippen molar-refractivity contribution in [1.82, 2.24) is 0 Å². The normalized spacial score (nSPS) is 29.0. The van der Waals surface area contributed by atoms with Gasteiger partial charge >= 0.3 is 5.97 Å². The van der Waals surface area contributed by atoms with Crippen LogP contribution in [0.5, 0.6) is 0 Å². The fraction of sp³-hybridized carbons (Fsp3) is 0.909. The quantitative estimate of drug-likeness (QED) is 0.712. The number of hydrogen-bond acceptors (Lipinski definition) is 2. The van der Waals surface area contributed by atoms with Crippen LogP contribution in [0.1, 0.15) is 45.4 Å². The zero-order valence-electron chi connectivity index (χ0n) is 8.91. The van der Waals surface area contributed by atoms with Gasteiger partial charge in [0.15, 0.2) is 0 Å². The number of nitrogens with two attached hydrogens (primary N) is 1. The molecule has 0 radical (unpaired) electrons. The molecule has 0 amide bonds. The lowest BCUT2D eigenvalue weighted by Crippen LogP contribution is -2.29. The summed E-state index contributed by atoms with van der Waals surface area (Å²) >= 11 is 0. The zero-order valence-corrected chi connectivity index (χ0v) is 8.91. The molecule has 82 valence electrons. The van der Waals surface area contributed by atoms with Crippen LogP contribution in [0.15, 0.2) is 0 Å². The van der Waals surface area contributed by atoms with Crippen molar-refractivity contribution in [3.8, 4) is 0 Å². The first-order valence-corrected chi connectivity index (χ1v) is 5.58. The molecule has 1 saturated carbocycles. The van der Waals surface area contributed by atoms with Crippen LogP contribution in [0.2, 0.25) is 0 Å². The van der Waals surface area contributed by atoms with Gasteiger partial charge < -0.3 is 10.8 Å². The number of carboxylic acids is 1. The Morgan fingerprint density at radius 1 is 1.57 bits per heavy atom. The highest BCUT2D eigenvalue weighted by molar-refractivity contribution is 5.72. The van der Waals surface area contributed by atoms with Crippen molar-refractivity contribution in [1.29, 1.82) is 0 Å². The average Bonchev–Trinajstić information content (AvgIpc) is 2.51. The van der Waals surface area contributed by atoms with Crippen LogP contribution in [-0.4, -0.2) is 17.1 Å². The van der Waals surface area contributed by atoms with Gasteiger partial charge in [0.1, 0.15) is 6.04 Å². The molecule has 3 heteroatoms. The molecule has 1 rings (SSSR count). The van der Waals surface area contributed by atoms with Crippen LogP contribution in [0.25, 0.3) is 0 Å². The van der Waals surface area contributed by atoms with Gasteiger partial charge in [0, 0.05) is 0 Å². The molecule has 1 aliphatic carbocycles. The van der Waals surface area contributed by atoms with Gasteiger partial charge in [0.2, 0.25) is 0 Å². The van der Waals surface area contributed by atoms with Gasteiger partial charge in [-0.25, -0.2) is 0 Å². The molecule has 0 aliphatic heterocycles. The van der Waals surface area contributed by atoms with Gasteiger partial charge in [-0.3, -0.25) is 4.79 Å². The van der Waals surface area contributed by atoms with E-state index in [-0.39, 0.29) is 0 Å². The molecule has 3 atom stereocenters. The molecule has 3 N–H and O–H groups in total. The predicted molar refractivity (Wildman–Crippen MR) is 56.0 cm³/mol. The zero-order chi connectivity index (χ0) is 10.6. The highest BCUT2D eigenvalue weighted by Gasteiger charge is 2.21. The van der Waals surface area contributed by atoms with Crippen molar-refractivity contribution in [3.05, 3.63) is 0 Å². The van der Waals surface area contributed by atoms with Crippen LogP contribution in [0.4, 0.5) is 0 Å². The predicted octanol–water partition coefficient (Wildman–Crippen LogP) is 2.00. The topological polar surface area (TPSA) is 63.3 Å². The molecular formula is C11H21NO2. The summed E-state index contributed by atoms with van der Waals surface area (Å²) in [7, 11) is 0. The molecule has 0 aromatic rings. The molecule has 1 fully saturated rings. The number of aliphatic carboxylic acids is 1. The highest BCUT2D eigenvalue weighted by Crippen LogP contribution is 2.33. The summed E-state index contributed by atoms with van der Waals surface area (Å²) in [6.07, 6.45) is 6.73. The van der Waals surface area contributed by atoms with E-state index in [1.54, 1.807) is 0 Å². The third kappa shape index (κ3) is 3.66. The minimum absolute atomic E-state index is 0.625. The van der Waals surface area contributed by atoms with Gasteiger partial charge in [-0.2, -0.15) is 0 Å². The molecule has 14 heavy (non-hydrogen) atoms. The second-order valence-electron chi connectivity index (χ2n) is 4.66.